The molecule has 0 saturated carbocycles. The molecule has 1 aliphatic rings. The fourth-order valence-electron chi connectivity index (χ4n) is 2.95. The maximum Gasteiger partial charge on any atom is 0.248 e. The first kappa shape index (κ1) is 19.7. The molecule has 2 amide bonds. The number of halogens is 2. The fourth-order valence-corrected chi connectivity index (χ4v) is 4.73. The van der Waals surface area contributed by atoms with Gasteiger partial charge in [-0.3, -0.25) is 9.59 Å². The Labute approximate surface area is 167 Å². The molecule has 3 rings (SSSR count). The van der Waals surface area contributed by atoms with Crippen LogP contribution >= 0.6 is 23.4 Å². The van der Waals surface area contributed by atoms with Crippen molar-refractivity contribution in [2.75, 3.05) is 11.1 Å². The van der Waals surface area contributed by atoms with Crippen molar-refractivity contribution in [3.8, 4) is 0 Å². The van der Waals surface area contributed by atoms with E-state index in [1.807, 2.05) is 32.0 Å². The molecule has 1 saturated heterocycles. The average Bonchev–Trinajstić information content (AvgIpc) is 3.08. The van der Waals surface area contributed by atoms with Crippen molar-refractivity contribution in [3.05, 3.63) is 64.9 Å². The zero-order valence-electron chi connectivity index (χ0n) is 15.0. The molecule has 4 nitrogen and oxygen atoms in total. The van der Waals surface area contributed by atoms with Crippen molar-refractivity contribution in [3.63, 3.8) is 0 Å². The Morgan fingerprint density at radius 3 is 2.48 bits per heavy atom. The van der Waals surface area contributed by atoms with Crippen LogP contribution in [0.25, 0.3) is 0 Å². The molecule has 7 heteroatoms. The zero-order chi connectivity index (χ0) is 19.6. The lowest BCUT2D eigenvalue weighted by atomic mass is 10.1. The van der Waals surface area contributed by atoms with E-state index in [9.17, 15) is 14.0 Å². The van der Waals surface area contributed by atoms with Crippen LogP contribution in [0.3, 0.4) is 0 Å². The van der Waals surface area contributed by atoms with E-state index in [1.165, 1.54) is 36.0 Å². The third-order valence-corrected chi connectivity index (χ3v) is 5.98. The van der Waals surface area contributed by atoms with Crippen molar-refractivity contribution in [1.29, 1.82) is 0 Å². The first-order valence-electron chi connectivity index (χ1n) is 8.63. The molecule has 1 heterocycles. The van der Waals surface area contributed by atoms with Gasteiger partial charge in [-0.15, -0.1) is 11.8 Å². The number of benzene rings is 2. The normalized spacial score (nSPS) is 19.4. The van der Waals surface area contributed by atoms with E-state index in [0.29, 0.717) is 16.5 Å². The van der Waals surface area contributed by atoms with Gasteiger partial charge in [0, 0.05) is 27.9 Å². The van der Waals surface area contributed by atoms with Gasteiger partial charge in [0.25, 0.3) is 0 Å². The molecule has 1 fully saturated rings. The van der Waals surface area contributed by atoms with Crippen LogP contribution in [0, 0.1) is 11.7 Å². The highest BCUT2D eigenvalue weighted by molar-refractivity contribution is 7.99. The molecule has 2 atom stereocenters. The molecule has 1 N–H and O–H groups in total. The second kappa shape index (κ2) is 8.31. The quantitative estimate of drug-likeness (QED) is 0.799. The summed E-state index contributed by atoms with van der Waals surface area (Å²) in [6.07, 6.45) is 0. The second-order valence-electron chi connectivity index (χ2n) is 6.62. The number of rotatable bonds is 4. The number of carbonyl (C=O) groups excluding carboxylic acids is 2. The van der Waals surface area contributed by atoms with Gasteiger partial charge in [-0.05, 0) is 30.3 Å². The van der Waals surface area contributed by atoms with E-state index in [2.05, 4.69) is 5.32 Å². The second-order valence-corrected chi connectivity index (χ2v) is 8.14. The Bertz CT molecular complexity index is 844. The number of anilines is 1. The minimum Gasteiger partial charge on any atom is -0.324 e. The van der Waals surface area contributed by atoms with Gasteiger partial charge >= 0.3 is 0 Å². The van der Waals surface area contributed by atoms with Crippen LogP contribution in [0.15, 0.2) is 48.5 Å². The van der Waals surface area contributed by atoms with E-state index in [-0.39, 0.29) is 28.9 Å². The summed E-state index contributed by atoms with van der Waals surface area (Å²) >= 11 is 7.85. The molecule has 0 aromatic heterocycles. The number of hydrogen-bond donors (Lipinski definition) is 1. The van der Waals surface area contributed by atoms with Crippen LogP contribution in [0.5, 0.6) is 0 Å². The van der Waals surface area contributed by atoms with Crippen LogP contribution in [-0.4, -0.2) is 28.5 Å². The summed E-state index contributed by atoms with van der Waals surface area (Å²) in [7, 11) is 0. The van der Waals surface area contributed by atoms with Crippen LogP contribution in [0.4, 0.5) is 10.1 Å². The molecule has 0 aliphatic carbocycles. The lowest BCUT2D eigenvalue weighted by molar-refractivity contribution is -0.140. The number of hydrogen-bond acceptors (Lipinski definition) is 3. The highest BCUT2D eigenvalue weighted by atomic mass is 35.5. The molecule has 2 aromatic carbocycles. The van der Waals surface area contributed by atoms with E-state index in [1.54, 1.807) is 11.0 Å². The van der Waals surface area contributed by atoms with Crippen LogP contribution in [0.1, 0.15) is 24.8 Å². The maximum absolute atomic E-state index is 13.1. The van der Waals surface area contributed by atoms with Gasteiger partial charge in [-0.1, -0.05) is 43.6 Å². The summed E-state index contributed by atoms with van der Waals surface area (Å²) in [5, 5.41) is 3.02. The number of thioether (sulfide) groups is 1. The van der Waals surface area contributed by atoms with Gasteiger partial charge in [-0.2, -0.15) is 0 Å². The van der Waals surface area contributed by atoms with Crippen molar-refractivity contribution in [2.24, 2.45) is 5.92 Å². The van der Waals surface area contributed by atoms with Crippen LogP contribution in [-0.2, 0) is 9.59 Å². The van der Waals surface area contributed by atoms with E-state index >= 15 is 0 Å². The lowest BCUT2D eigenvalue weighted by Gasteiger charge is -2.31. The summed E-state index contributed by atoms with van der Waals surface area (Å²) in [5.41, 5.74) is 1.31. The largest absolute Gasteiger partial charge is 0.324 e. The Kier molecular flexibility index (Phi) is 6.07. The van der Waals surface area contributed by atoms with Crippen molar-refractivity contribution >= 4 is 40.9 Å². The number of carbonyl (C=O) groups is 2. The first-order chi connectivity index (χ1) is 12.9. The Balaban J connectivity index is 1.87. The lowest BCUT2D eigenvalue weighted by Crippen LogP contribution is -2.47. The number of nitrogens with zero attached hydrogens (tertiary/aromatic N) is 1. The summed E-state index contributed by atoms with van der Waals surface area (Å²) in [6.45, 7) is 3.62. The molecule has 1 aliphatic heterocycles. The molecule has 142 valence electrons. The topological polar surface area (TPSA) is 49.4 Å². The summed E-state index contributed by atoms with van der Waals surface area (Å²) in [6, 6.07) is 12.3. The van der Waals surface area contributed by atoms with Gasteiger partial charge < -0.3 is 10.2 Å². The van der Waals surface area contributed by atoms with Gasteiger partial charge in [0.1, 0.15) is 17.2 Å². The standard InChI is InChI=1S/C20H20ClFN2O2S/c1-12(2)19(26)24-17(18(25)23-14-9-7-13(22)8-10-14)11-27-20(24)15-5-3-4-6-16(15)21/h3-10,12,17,20H,11H2,1-2H3,(H,23,25)/t17-,20+/m1/s1. The fraction of sp³-hybridized carbons (Fsp3) is 0.300. The van der Waals surface area contributed by atoms with E-state index in [0.717, 1.165) is 5.56 Å². The van der Waals surface area contributed by atoms with Crippen molar-refractivity contribution in [1.82, 2.24) is 4.90 Å². The monoisotopic (exact) mass is 406 g/mol. The van der Waals surface area contributed by atoms with Gasteiger partial charge in [0.2, 0.25) is 11.8 Å². The Hall–Kier alpha value is -2.05. The van der Waals surface area contributed by atoms with Gasteiger partial charge in [-0.25, -0.2) is 4.39 Å². The predicted octanol–water partition coefficient (Wildman–Crippen LogP) is 4.72. The van der Waals surface area contributed by atoms with E-state index < -0.39 is 6.04 Å². The molecule has 2 aromatic rings. The highest BCUT2D eigenvalue weighted by Crippen LogP contribution is 2.44. The molecule has 27 heavy (non-hydrogen) atoms. The SMILES string of the molecule is CC(C)C(=O)N1[C@@H](C(=O)Nc2ccc(F)cc2)CS[C@H]1c1ccccc1Cl. The summed E-state index contributed by atoms with van der Waals surface area (Å²) in [4.78, 5) is 27.4. The third-order valence-electron chi connectivity index (χ3n) is 4.33. The molecular weight excluding hydrogens is 387 g/mol. The molecule has 0 unspecified atom stereocenters. The molecule has 0 radical (unpaired) electrons. The van der Waals surface area contributed by atoms with Gasteiger partial charge in [0.05, 0.1) is 0 Å². The smallest absolute Gasteiger partial charge is 0.248 e. The number of amides is 2. The predicted molar refractivity (Wildman–Crippen MR) is 107 cm³/mol. The highest BCUT2D eigenvalue weighted by Gasteiger charge is 2.43. The maximum atomic E-state index is 13.1. The van der Waals surface area contributed by atoms with Gasteiger partial charge in [0.15, 0.2) is 0 Å². The summed E-state index contributed by atoms with van der Waals surface area (Å²) < 4.78 is 13.1. The molecule has 0 bridgehead atoms. The van der Waals surface area contributed by atoms with Crippen molar-refractivity contribution < 1.29 is 14.0 Å². The molecular formula is C20H20ClFN2O2S. The minimum atomic E-state index is -0.628. The Morgan fingerprint density at radius 1 is 1.19 bits per heavy atom. The third kappa shape index (κ3) is 4.28. The zero-order valence-corrected chi connectivity index (χ0v) is 16.6. The van der Waals surface area contributed by atoms with Crippen LogP contribution < -0.4 is 5.32 Å². The van der Waals surface area contributed by atoms with Crippen LogP contribution in [0.2, 0.25) is 5.02 Å². The average molecular weight is 407 g/mol. The van der Waals surface area contributed by atoms with E-state index in [4.69, 9.17) is 11.6 Å². The van der Waals surface area contributed by atoms with Crippen molar-refractivity contribution in [2.45, 2.75) is 25.3 Å². The Morgan fingerprint density at radius 2 is 1.85 bits per heavy atom. The number of nitrogens with one attached hydrogen (secondary N) is 1. The first-order valence-corrected chi connectivity index (χ1v) is 10.1. The minimum absolute atomic E-state index is 0.107. The molecule has 0 spiro atoms. The summed E-state index contributed by atoms with van der Waals surface area (Å²) in [5.74, 6) is -0.571.